The van der Waals surface area contributed by atoms with Gasteiger partial charge in [0.2, 0.25) is 0 Å². The highest BCUT2D eigenvalue weighted by Crippen LogP contribution is 2.65. The molecule has 2 N–H and O–H groups in total. The van der Waals surface area contributed by atoms with Crippen LogP contribution in [0.2, 0.25) is 0 Å². The van der Waals surface area contributed by atoms with Crippen LogP contribution in [0.5, 0.6) is 11.5 Å². The predicted molar refractivity (Wildman–Crippen MR) is 162 cm³/mol. The maximum Gasteiger partial charge on any atom is 0.311 e. The highest BCUT2D eigenvalue weighted by atomic mass is 16.6. The van der Waals surface area contributed by atoms with Crippen molar-refractivity contribution in [3.05, 3.63) is 70.8 Å². The highest BCUT2D eigenvalue weighted by molar-refractivity contribution is 5.90. The molecule has 8 heteroatoms. The number of hydrogen-bond donors (Lipinski definition) is 2. The molecule has 0 amide bonds. The van der Waals surface area contributed by atoms with E-state index in [1.54, 1.807) is 6.07 Å². The van der Waals surface area contributed by atoms with Gasteiger partial charge in [0.15, 0.2) is 23.4 Å². The van der Waals surface area contributed by atoms with Gasteiger partial charge in [-0.05, 0) is 90.9 Å². The molecule has 4 atom stereocenters. The Morgan fingerprint density at radius 3 is 2.41 bits per heavy atom. The summed E-state index contributed by atoms with van der Waals surface area (Å²) in [4.78, 5) is 39.8. The molecular formula is C36H37NO7. The van der Waals surface area contributed by atoms with Gasteiger partial charge < -0.3 is 19.7 Å². The lowest BCUT2D eigenvalue weighted by molar-refractivity contribution is -0.188. The smallest absolute Gasteiger partial charge is 0.311 e. The topological polar surface area (TPSA) is 113 Å². The van der Waals surface area contributed by atoms with Crippen LogP contribution < -0.4 is 9.47 Å². The van der Waals surface area contributed by atoms with E-state index in [4.69, 9.17) is 14.6 Å². The number of carboxylic acids is 1. The third kappa shape index (κ3) is 4.29. The quantitative estimate of drug-likeness (QED) is 0.274. The Bertz CT molecular complexity index is 1710. The minimum absolute atomic E-state index is 0.0238. The molecule has 5 aliphatic rings. The first-order valence-electron chi connectivity index (χ1n) is 16.0. The largest absolute Gasteiger partial charge is 0.481 e. The number of carbonyl (C=O) groups is 3. The molecule has 1 saturated heterocycles. The molecule has 3 aromatic carbocycles. The first-order chi connectivity index (χ1) is 21.2. The second-order valence-corrected chi connectivity index (χ2v) is 13.6. The number of esters is 1. The fourth-order valence-corrected chi connectivity index (χ4v) is 8.66. The van der Waals surface area contributed by atoms with E-state index >= 15 is 0 Å². The van der Waals surface area contributed by atoms with Crippen molar-refractivity contribution >= 4 is 28.5 Å². The van der Waals surface area contributed by atoms with Crippen LogP contribution in [0, 0.1) is 5.92 Å². The highest BCUT2D eigenvalue weighted by Gasteiger charge is 2.73. The first-order valence-corrected chi connectivity index (χ1v) is 16.0. The first kappa shape index (κ1) is 27.8. The van der Waals surface area contributed by atoms with E-state index < -0.39 is 23.1 Å². The minimum atomic E-state index is -1.05. The van der Waals surface area contributed by atoms with Gasteiger partial charge in [-0.3, -0.25) is 19.3 Å². The molecule has 0 radical (unpaired) electrons. The average molecular weight is 596 g/mol. The maximum atomic E-state index is 13.3. The number of aliphatic hydroxyl groups is 1. The summed E-state index contributed by atoms with van der Waals surface area (Å²) < 4.78 is 12.3. The number of carboxylic acid groups (broad SMARTS) is 1. The number of aliphatic carboxylic acids is 1. The molecule has 2 heterocycles. The Labute approximate surface area is 255 Å². The molecule has 2 bridgehead atoms. The summed E-state index contributed by atoms with van der Waals surface area (Å²) in [6, 6.07) is 15.8. The Hall–Kier alpha value is -3.75. The van der Waals surface area contributed by atoms with Crippen molar-refractivity contribution in [2.45, 2.75) is 87.4 Å². The lowest BCUT2D eigenvalue weighted by Gasteiger charge is -2.62. The van der Waals surface area contributed by atoms with Gasteiger partial charge in [0.1, 0.15) is 0 Å². The number of aryl methyl sites for hydroxylation is 2. The zero-order valence-electron chi connectivity index (χ0n) is 24.7. The van der Waals surface area contributed by atoms with E-state index in [-0.39, 0.29) is 30.6 Å². The number of likely N-dealkylation sites (tertiary alicyclic amines) is 1. The Balaban J connectivity index is 1.01. The minimum Gasteiger partial charge on any atom is -0.481 e. The van der Waals surface area contributed by atoms with Crippen molar-refractivity contribution in [2.24, 2.45) is 5.92 Å². The number of hydrogen-bond acceptors (Lipinski definition) is 7. The third-order valence-corrected chi connectivity index (χ3v) is 11.0. The number of rotatable bonds is 9. The molecule has 2 aliphatic heterocycles. The fourth-order valence-electron chi connectivity index (χ4n) is 8.66. The number of piperidine rings is 1. The van der Waals surface area contributed by atoms with Gasteiger partial charge >= 0.3 is 11.9 Å². The van der Waals surface area contributed by atoms with Crippen molar-refractivity contribution in [3.8, 4) is 11.5 Å². The number of benzene rings is 3. The van der Waals surface area contributed by atoms with Crippen LogP contribution in [0.15, 0.2) is 48.5 Å². The van der Waals surface area contributed by atoms with Crippen molar-refractivity contribution in [3.63, 3.8) is 0 Å². The Morgan fingerprint density at radius 2 is 1.70 bits per heavy atom. The summed E-state index contributed by atoms with van der Waals surface area (Å²) >= 11 is 0. The monoisotopic (exact) mass is 595 g/mol. The summed E-state index contributed by atoms with van der Waals surface area (Å²) in [5, 5.41) is 23.5. The fraction of sp³-hybridized carbons (Fsp3) is 0.472. The molecule has 1 spiro atoms. The van der Waals surface area contributed by atoms with Gasteiger partial charge in [0.25, 0.3) is 0 Å². The summed E-state index contributed by atoms with van der Waals surface area (Å²) in [6.07, 6.45) is 5.12. The summed E-state index contributed by atoms with van der Waals surface area (Å²) in [5.41, 5.74) is 2.13. The van der Waals surface area contributed by atoms with Gasteiger partial charge in [-0.1, -0.05) is 42.5 Å². The average Bonchev–Trinajstić information content (AvgIpc) is 3.75. The summed E-state index contributed by atoms with van der Waals surface area (Å²) in [7, 11) is 0. The zero-order chi connectivity index (χ0) is 30.2. The van der Waals surface area contributed by atoms with Crippen LogP contribution in [0.1, 0.15) is 67.2 Å². The molecule has 0 aromatic heterocycles. The molecule has 228 valence electrons. The van der Waals surface area contributed by atoms with Gasteiger partial charge in [0, 0.05) is 37.4 Å². The molecule has 0 unspecified atom stereocenters. The van der Waals surface area contributed by atoms with Gasteiger partial charge in [-0.25, -0.2) is 0 Å². The molecule has 8 nitrogen and oxygen atoms in total. The van der Waals surface area contributed by atoms with E-state index in [9.17, 15) is 19.5 Å². The second kappa shape index (κ2) is 10.1. The molecule has 3 aromatic rings. The molecule has 3 aliphatic carbocycles. The van der Waals surface area contributed by atoms with Crippen molar-refractivity contribution in [1.82, 2.24) is 4.90 Å². The second-order valence-electron chi connectivity index (χ2n) is 13.6. The SMILES string of the molecule is O=C(O)CCc1ccc2cc(CCC(=O)Oc3ccc4c5c3O[C@H]3C(=O)CC[C@@]6(O)[C@@H](C4)N(CC4CC4)CC[C@]536)ccc2c1. The lowest BCUT2D eigenvalue weighted by Crippen LogP contribution is -2.76. The molecule has 2 saturated carbocycles. The van der Waals surface area contributed by atoms with Crippen LogP contribution in [0.3, 0.4) is 0 Å². The molecule has 44 heavy (non-hydrogen) atoms. The molecular weight excluding hydrogens is 558 g/mol. The normalized spacial score (nSPS) is 28.4. The van der Waals surface area contributed by atoms with E-state index in [2.05, 4.69) is 4.90 Å². The van der Waals surface area contributed by atoms with Crippen molar-refractivity contribution in [1.29, 1.82) is 0 Å². The van der Waals surface area contributed by atoms with Crippen molar-refractivity contribution in [2.75, 3.05) is 13.1 Å². The Kier molecular flexibility index (Phi) is 6.40. The van der Waals surface area contributed by atoms with Gasteiger partial charge in [0.05, 0.1) is 11.0 Å². The van der Waals surface area contributed by atoms with E-state index in [0.29, 0.717) is 55.9 Å². The van der Waals surface area contributed by atoms with Crippen LogP contribution in [0.4, 0.5) is 0 Å². The third-order valence-electron chi connectivity index (χ3n) is 11.0. The van der Waals surface area contributed by atoms with Gasteiger partial charge in [-0.15, -0.1) is 0 Å². The molecule has 8 rings (SSSR count). The zero-order valence-corrected chi connectivity index (χ0v) is 24.7. The summed E-state index contributed by atoms with van der Waals surface area (Å²) in [6.45, 7) is 1.83. The Morgan fingerprint density at radius 1 is 0.977 bits per heavy atom. The standard InChI is InChI=1S/C36H37NO7/c38-27-13-14-36(42)29-19-26-9-10-28(33-32(26)35(36,34(27)44-33)15-16-37(29)20-23-1-2-23)43-31(41)12-6-22-4-8-24-17-21(5-11-30(39)40)3-7-25(24)18-22/h3-4,7-10,17-18,23,29,34,42H,1-2,5-6,11-16,19-20H2,(H,39,40)/t29-,34+,35+,36-/m1/s1. The number of ether oxygens (including phenoxy) is 2. The van der Waals surface area contributed by atoms with Crippen molar-refractivity contribution < 1.29 is 34.1 Å². The number of Topliss-reactive ketones (excluding diaryl/α,β-unsaturated/α-hetero) is 1. The number of carbonyl (C=O) groups excluding carboxylic acids is 2. The molecule has 3 fully saturated rings. The van der Waals surface area contributed by atoms with E-state index in [1.165, 1.54) is 12.8 Å². The summed E-state index contributed by atoms with van der Waals surface area (Å²) in [5.74, 6) is 0.345. The van der Waals surface area contributed by atoms with Crippen LogP contribution in [-0.2, 0) is 39.1 Å². The number of nitrogens with zero attached hydrogens (tertiary/aromatic N) is 1. The number of ketones is 1. The van der Waals surface area contributed by atoms with Gasteiger partial charge in [-0.2, -0.15) is 0 Å². The predicted octanol–water partition coefficient (Wildman–Crippen LogP) is 4.53. The van der Waals surface area contributed by atoms with Crippen LogP contribution in [-0.4, -0.2) is 63.7 Å². The van der Waals surface area contributed by atoms with Crippen LogP contribution >= 0.6 is 0 Å². The lowest BCUT2D eigenvalue weighted by atomic mass is 9.49. The van der Waals surface area contributed by atoms with Crippen LogP contribution in [0.25, 0.3) is 10.8 Å². The maximum absolute atomic E-state index is 13.3. The van der Waals surface area contributed by atoms with E-state index in [0.717, 1.165) is 46.1 Å². The van der Waals surface area contributed by atoms with E-state index in [1.807, 2.05) is 42.5 Å². The number of fused-ring (bicyclic) bond motifs is 1.